The molecule has 0 spiro atoms. The van der Waals surface area contributed by atoms with Crippen LogP contribution >= 0.6 is 0 Å². The summed E-state index contributed by atoms with van der Waals surface area (Å²) < 4.78 is 13.9. The maximum atomic E-state index is 10.6. The van der Waals surface area contributed by atoms with E-state index in [-0.39, 0.29) is 0 Å². The molecule has 0 aromatic heterocycles. The van der Waals surface area contributed by atoms with Crippen LogP contribution in [0.1, 0.15) is 0 Å². The molecule has 1 N–H and O–H groups in total. The summed E-state index contributed by atoms with van der Waals surface area (Å²) in [6, 6.07) is 0. The number of ether oxygens (including phenoxy) is 1. The number of carbonyl (C=O) groups is 1. The average molecular weight is 94.0 g/mol. The lowest BCUT2D eigenvalue weighted by molar-refractivity contribution is 0.0547. The van der Waals surface area contributed by atoms with Crippen molar-refractivity contribution in [3.05, 3.63) is 0 Å². The van der Waals surface area contributed by atoms with Gasteiger partial charge < -0.3 is 9.84 Å². The van der Waals surface area contributed by atoms with Gasteiger partial charge in [0.1, 0.15) is 0 Å². The van der Waals surface area contributed by atoms with E-state index in [0.29, 0.717) is 0 Å². The predicted octanol–water partition coefficient (Wildman–Crippen LogP) is 0.608. The highest BCUT2D eigenvalue weighted by Crippen LogP contribution is 1.72. The minimum absolute atomic E-state index is 1.27. The Morgan fingerprint density at radius 1 is 2.00 bits per heavy atom. The SMILES string of the molecule is O=C(O)OCF. The molecule has 0 radical (unpaired) electrons. The van der Waals surface area contributed by atoms with E-state index in [1.165, 1.54) is 0 Å². The molecule has 0 unspecified atom stereocenters. The van der Waals surface area contributed by atoms with Crippen molar-refractivity contribution in [3.63, 3.8) is 0 Å². The van der Waals surface area contributed by atoms with Crippen molar-refractivity contribution in [2.45, 2.75) is 0 Å². The van der Waals surface area contributed by atoms with Gasteiger partial charge in [0.25, 0.3) is 0 Å². The highest BCUT2D eigenvalue weighted by molar-refractivity contribution is 5.56. The van der Waals surface area contributed by atoms with Gasteiger partial charge in [-0.1, -0.05) is 0 Å². The van der Waals surface area contributed by atoms with Crippen LogP contribution in [0.4, 0.5) is 9.18 Å². The summed E-state index contributed by atoms with van der Waals surface area (Å²) in [7, 11) is 0. The van der Waals surface area contributed by atoms with E-state index < -0.39 is 13.0 Å². The third-order valence-electron chi connectivity index (χ3n) is 0.178. The Kier molecular flexibility index (Phi) is 2.11. The lowest BCUT2D eigenvalue weighted by Gasteiger charge is -1.84. The minimum Gasteiger partial charge on any atom is -0.450 e. The van der Waals surface area contributed by atoms with Crippen LogP contribution in [0.3, 0.4) is 0 Å². The van der Waals surface area contributed by atoms with Gasteiger partial charge in [0.2, 0.25) is 6.86 Å². The van der Waals surface area contributed by atoms with Crippen LogP contribution in [-0.4, -0.2) is 18.1 Å². The summed E-state index contributed by atoms with van der Waals surface area (Å²) >= 11 is 0. The van der Waals surface area contributed by atoms with Crippen LogP contribution in [0.15, 0.2) is 0 Å². The zero-order valence-electron chi connectivity index (χ0n) is 2.85. The van der Waals surface area contributed by atoms with Gasteiger partial charge in [0.05, 0.1) is 0 Å². The van der Waals surface area contributed by atoms with E-state index in [9.17, 15) is 4.39 Å². The quantitative estimate of drug-likeness (QED) is 0.484. The first-order valence-corrected chi connectivity index (χ1v) is 1.19. The highest BCUT2D eigenvalue weighted by Gasteiger charge is 1.88. The smallest absolute Gasteiger partial charge is 0.450 e. The summed E-state index contributed by atoms with van der Waals surface area (Å²) in [5, 5.41) is 7.45. The largest absolute Gasteiger partial charge is 0.508 e. The van der Waals surface area contributed by atoms with Crippen LogP contribution in [-0.2, 0) is 4.74 Å². The van der Waals surface area contributed by atoms with Gasteiger partial charge in [0.15, 0.2) is 0 Å². The maximum Gasteiger partial charge on any atom is 0.508 e. The average Bonchev–Trinajstić information content (AvgIpc) is 1.35. The van der Waals surface area contributed by atoms with Crippen molar-refractivity contribution in [1.82, 2.24) is 0 Å². The summed E-state index contributed by atoms with van der Waals surface area (Å²) in [6.45, 7) is -1.27. The Morgan fingerprint density at radius 3 is 2.50 bits per heavy atom. The number of hydrogen-bond acceptors (Lipinski definition) is 2. The van der Waals surface area contributed by atoms with E-state index in [4.69, 9.17) is 9.90 Å². The van der Waals surface area contributed by atoms with Gasteiger partial charge in [-0.05, 0) is 0 Å². The Hall–Kier alpha value is -0.800. The molecule has 0 saturated heterocycles. The van der Waals surface area contributed by atoms with Gasteiger partial charge in [-0.25, -0.2) is 9.18 Å². The second-order valence-corrected chi connectivity index (χ2v) is 0.519. The topological polar surface area (TPSA) is 46.5 Å². The van der Waals surface area contributed by atoms with Crippen LogP contribution in [0.2, 0.25) is 0 Å². The first-order chi connectivity index (χ1) is 2.77. The Morgan fingerprint density at radius 2 is 2.50 bits per heavy atom. The fourth-order valence-electron chi connectivity index (χ4n) is 0.0467. The van der Waals surface area contributed by atoms with Crippen LogP contribution in [0, 0.1) is 0 Å². The molecule has 0 atom stereocenters. The second-order valence-electron chi connectivity index (χ2n) is 0.519. The summed E-state index contributed by atoms with van der Waals surface area (Å²) in [6.07, 6.45) is -1.59. The summed E-state index contributed by atoms with van der Waals surface area (Å²) in [5.41, 5.74) is 0. The first kappa shape index (κ1) is 5.20. The van der Waals surface area contributed by atoms with Gasteiger partial charge in [-0.15, -0.1) is 0 Å². The maximum absolute atomic E-state index is 10.6. The molecule has 0 rings (SSSR count). The van der Waals surface area contributed by atoms with E-state index in [0.717, 1.165) is 0 Å². The molecule has 0 aromatic rings. The first-order valence-electron chi connectivity index (χ1n) is 1.19. The van der Waals surface area contributed by atoms with Crippen molar-refractivity contribution < 1.29 is 19.0 Å². The monoisotopic (exact) mass is 94.0 g/mol. The zero-order valence-corrected chi connectivity index (χ0v) is 2.85. The molecule has 0 aliphatic rings. The molecule has 0 heterocycles. The normalized spacial score (nSPS) is 7.50. The highest BCUT2D eigenvalue weighted by atomic mass is 19.1. The van der Waals surface area contributed by atoms with E-state index >= 15 is 0 Å². The van der Waals surface area contributed by atoms with Crippen LogP contribution in [0.5, 0.6) is 0 Å². The molecule has 0 aromatic carbocycles. The third-order valence-corrected chi connectivity index (χ3v) is 0.178. The van der Waals surface area contributed by atoms with Crippen LogP contribution < -0.4 is 0 Å². The molecule has 36 valence electrons. The third kappa shape index (κ3) is 3.20. The number of alkyl halides is 1. The molecule has 0 bridgehead atoms. The predicted molar refractivity (Wildman–Crippen MR) is 15.1 cm³/mol. The molecular formula is C2H3FO3. The molecule has 3 nitrogen and oxygen atoms in total. The van der Waals surface area contributed by atoms with Crippen molar-refractivity contribution in [2.75, 3.05) is 6.86 Å². The summed E-state index contributed by atoms with van der Waals surface area (Å²) in [5.74, 6) is 0. The molecule has 6 heavy (non-hydrogen) atoms. The number of halogens is 1. The standard InChI is InChI=1S/C2H3FO3/c3-1-6-2(4)5/h1H2,(H,4,5). The van der Waals surface area contributed by atoms with E-state index in [2.05, 4.69) is 4.74 Å². The molecule has 0 fully saturated rings. The van der Waals surface area contributed by atoms with Gasteiger partial charge in [0, 0.05) is 0 Å². The Balaban J connectivity index is 2.83. The molecular weight excluding hydrogens is 91.0 g/mol. The van der Waals surface area contributed by atoms with Crippen LogP contribution in [0.25, 0.3) is 0 Å². The molecule has 0 amide bonds. The Labute approximate surface area is 33.3 Å². The number of carboxylic acid groups (broad SMARTS) is 1. The number of rotatable bonds is 1. The number of hydrogen-bond donors (Lipinski definition) is 1. The fourth-order valence-corrected chi connectivity index (χ4v) is 0.0467. The molecule has 0 aliphatic heterocycles. The minimum atomic E-state index is -1.59. The molecule has 0 saturated carbocycles. The van der Waals surface area contributed by atoms with E-state index in [1.54, 1.807) is 0 Å². The van der Waals surface area contributed by atoms with Crippen molar-refractivity contribution in [1.29, 1.82) is 0 Å². The van der Waals surface area contributed by atoms with Gasteiger partial charge in [-0.2, -0.15) is 0 Å². The van der Waals surface area contributed by atoms with Crippen molar-refractivity contribution in [2.24, 2.45) is 0 Å². The molecule has 0 aliphatic carbocycles. The zero-order chi connectivity index (χ0) is 4.99. The van der Waals surface area contributed by atoms with Gasteiger partial charge in [-0.3, -0.25) is 0 Å². The Bertz CT molecular complexity index is 52.8. The summed E-state index contributed by atoms with van der Waals surface area (Å²) in [4.78, 5) is 9.14. The lowest BCUT2D eigenvalue weighted by atomic mass is 11.3. The van der Waals surface area contributed by atoms with Crippen molar-refractivity contribution in [3.8, 4) is 0 Å². The van der Waals surface area contributed by atoms with E-state index in [1.807, 2.05) is 0 Å². The van der Waals surface area contributed by atoms with Gasteiger partial charge >= 0.3 is 6.16 Å². The lowest BCUT2D eigenvalue weighted by Crippen LogP contribution is -1.96. The second kappa shape index (κ2) is 2.44. The fraction of sp³-hybridized carbons (Fsp3) is 0.500. The molecule has 4 heteroatoms. The van der Waals surface area contributed by atoms with Crippen molar-refractivity contribution >= 4 is 6.16 Å².